The summed E-state index contributed by atoms with van der Waals surface area (Å²) in [5.41, 5.74) is 14.9. The molecule has 1 atom stereocenters. The Hall–Kier alpha value is -2.91. The van der Waals surface area contributed by atoms with Crippen LogP contribution in [0.3, 0.4) is 0 Å². The average molecular weight is 381 g/mol. The molecule has 0 aliphatic rings. The molecule has 9 heteroatoms. The zero-order valence-electron chi connectivity index (χ0n) is 13.5. The van der Waals surface area contributed by atoms with Crippen LogP contribution in [0.15, 0.2) is 52.8 Å². The van der Waals surface area contributed by atoms with E-state index >= 15 is 0 Å². The first kappa shape index (κ1) is 16.6. The molecule has 0 aliphatic heterocycles. The predicted octanol–water partition coefficient (Wildman–Crippen LogP) is 3.01. The van der Waals surface area contributed by atoms with E-state index in [1.807, 2.05) is 47.8 Å². The molecule has 0 spiro atoms. The summed E-state index contributed by atoms with van der Waals surface area (Å²) in [5, 5.41) is 2.08. The van der Waals surface area contributed by atoms with Crippen molar-refractivity contribution in [2.45, 2.75) is 5.25 Å². The summed E-state index contributed by atoms with van der Waals surface area (Å²) >= 11 is 6.05. The monoisotopic (exact) mass is 381 g/mol. The highest BCUT2D eigenvalue weighted by Gasteiger charge is 2.16. The minimum absolute atomic E-state index is 0.0204. The molecule has 4 aromatic rings. The minimum Gasteiger partial charge on any atom is -0.370 e. The fraction of sp³-hybridized carbons (Fsp3) is 0.0588. The van der Waals surface area contributed by atoms with Crippen LogP contribution in [0, 0.1) is 0 Å². The van der Waals surface area contributed by atoms with E-state index in [9.17, 15) is 0 Å². The number of hydrogen-bond acceptors (Lipinski definition) is 6. The van der Waals surface area contributed by atoms with Crippen molar-refractivity contribution in [3.8, 4) is 11.4 Å². The molecular formula is C17H15N7S2. The number of aromatic amines is 1. The molecule has 7 nitrogen and oxygen atoms in total. The Labute approximate surface area is 158 Å². The van der Waals surface area contributed by atoms with Gasteiger partial charge in [0.15, 0.2) is 5.96 Å². The molecule has 0 radical (unpaired) electrons. The van der Waals surface area contributed by atoms with Gasteiger partial charge in [0.25, 0.3) is 0 Å². The van der Waals surface area contributed by atoms with Crippen molar-refractivity contribution in [3.05, 3.63) is 59.4 Å². The summed E-state index contributed by atoms with van der Waals surface area (Å²) in [6.07, 6.45) is 0. The van der Waals surface area contributed by atoms with E-state index in [4.69, 9.17) is 24.1 Å². The standard InChI is InChI=1S/C17H15N7S2/c18-16(19)24-17-23-13(8-26-17)11-6-3-7-12(20-11)14(25)15-21-9-4-1-2-5-10(9)22-15/h1-8,14,25H,(H,21,22)(H4,18,19,23,24). The van der Waals surface area contributed by atoms with E-state index in [0.29, 0.717) is 10.8 Å². The van der Waals surface area contributed by atoms with Crippen molar-refractivity contribution in [2.75, 3.05) is 0 Å². The number of thiazole rings is 1. The van der Waals surface area contributed by atoms with E-state index < -0.39 is 0 Å². The first-order valence-electron chi connectivity index (χ1n) is 7.75. The summed E-state index contributed by atoms with van der Waals surface area (Å²) in [6.45, 7) is 0. The number of hydrogen-bond donors (Lipinski definition) is 4. The van der Waals surface area contributed by atoms with Gasteiger partial charge in [0.2, 0.25) is 5.13 Å². The number of nitrogens with zero attached hydrogens (tertiary/aromatic N) is 4. The van der Waals surface area contributed by atoms with Crippen molar-refractivity contribution >= 4 is 46.1 Å². The normalized spacial score (nSPS) is 12.2. The second-order valence-electron chi connectivity index (χ2n) is 5.54. The summed E-state index contributed by atoms with van der Waals surface area (Å²) in [6, 6.07) is 13.6. The number of para-hydroxylation sites is 2. The lowest BCUT2D eigenvalue weighted by Crippen LogP contribution is -2.21. The zero-order valence-corrected chi connectivity index (χ0v) is 15.2. The van der Waals surface area contributed by atoms with Crippen molar-refractivity contribution in [1.82, 2.24) is 19.9 Å². The van der Waals surface area contributed by atoms with Gasteiger partial charge in [-0.05, 0) is 24.3 Å². The van der Waals surface area contributed by atoms with Gasteiger partial charge in [-0.2, -0.15) is 17.6 Å². The Morgan fingerprint density at radius 1 is 1.04 bits per heavy atom. The Bertz CT molecular complexity index is 1060. The number of nitrogens with two attached hydrogens (primary N) is 2. The topological polar surface area (TPSA) is 119 Å². The van der Waals surface area contributed by atoms with Gasteiger partial charge in [-0.25, -0.2) is 15.0 Å². The molecular weight excluding hydrogens is 366 g/mol. The fourth-order valence-electron chi connectivity index (χ4n) is 2.53. The second kappa shape index (κ2) is 6.77. The van der Waals surface area contributed by atoms with Gasteiger partial charge < -0.3 is 16.5 Å². The number of benzene rings is 1. The summed E-state index contributed by atoms with van der Waals surface area (Å²) < 4.78 is 0. The third-order valence-electron chi connectivity index (χ3n) is 3.70. The van der Waals surface area contributed by atoms with Gasteiger partial charge >= 0.3 is 0 Å². The summed E-state index contributed by atoms with van der Waals surface area (Å²) in [5.74, 6) is 0.728. The number of fused-ring (bicyclic) bond motifs is 1. The van der Waals surface area contributed by atoms with Crippen LogP contribution in [0.4, 0.5) is 5.13 Å². The molecule has 4 rings (SSSR count). The van der Waals surface area contributed by atoms with Crippen LogP contribution in [0.2, 0.25) is 0 Å². The third kappa shape index (κ3) is 3.26. The number of nitrogens with one attached hydrogen (secondary N) is 1. The lowest BCUT2D eigenvalue weighted by atomic mass is 10.2. The highest BCUT2D eigenvalue weighted by molar-refractivity contribution is 7.80. The van der Waals surface area contributed by atoms with Crippen LogP contribution < -0.4 is 11.5 Å². The Balaban J connectivity index is 1.66. The van der Waals surface area contributed by atoms with Crippen molar-refractivity contribution in [1.29, 1.82) is 0 Å². The minimum atomic E-state index is -0.279. The number of guanidine groups is 1. The molecule has 1 aromatic carbocycles. The van der Waals surface area contributed by atoms with E-state index in [0.717, 1.165) is 28.2 Å². The lowest BCUT2D eigenvalue weighted by Gasteiger charge is -2.08. The highest BCUT2D eigenvalue weighted by Crippen LogP contribution is 2.30. The van der Waals surface area contributed by atoms with E-state index in [1.165, 1.54) is 11.3 Å². The molecule has 3 heterocycles. The maximum Gasteiger partial charge on any atom is 0.212 e. The molecule has 0 bridgehead atoms. The number of imidazole rings is 1. The highest BCUT2D eigenvalue weighted by atomic mass is 32.1. The van der Waals surface area contributed by atoms with E-state index in [1.54, 1.807) is 0 Å². The molecule has 5 N–H and O–H groups in total. The molecule has 3 aromatic heterocycles. The maximum absolute atomic E-state index is 5.39. The SMILES string of the molecule is NC(N)=Nc1nc(-c2cccc(C(S)c3nc4ccccc4[nH]3)n2)cs1. The number of H-pyrrole nitrogens is 1. The molecule has 0 amide bonds. The van der Waals surface area contributed by atoms with Crippen LogP contribution in [-0.2, 0) is 0 Å². The zero-order chi connectivity index (χ0) is 18.1. The van der Waals surface area contributed by atoms with Crippen molar-refractivity contribution in [3.63, 3.8) is 0 Å². The van der Waals surface area contributed by atoms with Crippen LogP contribution >= 0.6 is 24.0 Å². The Kier molecular flexibility index (Phi) is 4.31. The largest absolute Gasteiger partial charge is 0.370 e. The summed E-state index contributed by atoms with van der Waals surface area (Å²) in [7, 11) is 0. The number of aromatic nitrogens is 4. The molecule has 0 saturated heterocycles. The van der Waals surface area contributed by atoms with E-state index in [2.05, 4.69) is 24.9 Å². The molecule has 1 unspecified atom stereocenters. The van der Waals surface area contributed by atoms with E-state index in [-0.39, 0.29) is 11.2 Å². The molecule has 0 aliphatic carbocycles. The first-order chi connectivity index (χ1) is 12.6. The molecule has 0 fully saturated rings. The number of pyridine rings is 1. The quantitative estimate of drug-likeness (QED) is 0.246. The van der Waals surface area contributed by atoms with Gasteiger partial charge in [0, 0.05) is 5.38 Å². The van der Waals surface area contributed by atoms with Crippen LogP contribution in [-0.4, -0.2) is 25.9 Å². The number of rotatable bonds is 4. The first-order valence-corrected chi connectivity index (χ1v) is 9.15. The Morgan fingerprint density at radius 3 is 2.69 bits per heavy atom. The van der Waals surface area contributed by atoms with Crippen molar-refractivity contribution in [2.24, 2.45) is 16.5 Å². The van der Waals surface area contributed by atoms with Gasteiger partial charge in [-0.1, -0.05) is 18.2 Å². The lowest BCUT2D eigenvalue weighted by molar-refractivity contribution is 0.970. The summed E-state index contributed by atoms with van der Waals surface area (Å²) in [4.78, 5) is 20.9. The smallest absolute Gasteiger partial charge is 0.212 e. The second-order valence-corrected chi connectivity index (χ2v) is 6.89. The third-order valence-corrected chi connectivity index (χ3v) is 4.94. The van der Waals surface area contributed by atoms with Gasteiger partial charge in [0.1, 0.15) is 16.8 Å². The van der Waals surface area contributed by atoms with Crippen molar-refractivity contribution < 1.29 is 0 Å². The predicted molar refractivity (Wildman–Crippen MR) is 108 cm³/mol. The van der Waals surface area contributed by atoms with Crippen LogP contribution in [0.25, 0.3) is 22.4 Å². The van der Waals surface area contributed by atoms with Gasteiger partial charge in [-0.15, -0.1) is 11.3 Å². The van der Waals surface area contributed by atoms with Crippen LogP contribution in [0.1, 0.15) is 16.8 Å². The molecule has 0 saturated carbocycles. The number of thiol groups is 1. The molecule has 130 valence electrons. The maximum atomic E-state index is 5.39. The number of aliphatic imine (C=N–C) groups is 1. The molecule has 26 heavy (non-hydrogen) atoms. The van der Waals surface area contributed by atoms with Gasteiger partial charge in [0.05, 0.1) is 22.4 Å². The van der Waals surface area contributed by atoms with Gasteiger partial charge in [-0.3, -0.25) is 0 Å². The fourth-order valence-corrected chi connectivity index (χ4v) is 3.50. The Morgan fingerprint density at radius 2 is 1.88 bits per heavy atom. The average Bonchev–Trinajstić information content (AvgIpc) is 3.27. The van der Waals surface area contributed by atoms with Crippen LogP contribution in [0.5, 0.6) is 0 Å².